The molecule has 1 fully saturated rings. The van der Waals surface area contributed by atoms with Crippen LogP contribution in [0.4, 0.5) is 4.39 Å². The number of benzene rings is 2. The van der Waals surface area contributed by atoms with Crippen molar-refractivity contribution in [3.05, 3.63) is 76.1 Å². The van der Waals surface area contributed by atoms with Crippen molar-refractivity contribution in [2.75, 3.05) is 7.11 Å². The number of rotatable bonds is 6. The maximum absolute atomic E-state index is 14.1. The molecule has 0 aromatic heterocycles. The second kappa shape index (κ2) is 8.35. The van der Waals surface area contributed by atoms with Gasteiger partial charge in [0.15, 0.2) is 0 Å². The average Bonchev–Trinajstić information content (AvgIpc) is 3.51. The van der Waals surface area contributed by atoms with Gasteiger partial charge in [0.2, 0.25) is 5.91 Å². The molecule has 3 rings (SSSR count). The SMILES string of the molecule is COC(=O)c1ccc(/C=C/C(=O)N(Cc2c(F)cccc2Cl)C2CC2)cc1. The number of hydrogen-bond donors (Lipinski definition) is 0. The molecule has 6 heteroatoms. The molecule has 0 saturated heterocycles. The van der Waals surface area contributed by atoms with Crippen LogP contribution in [-0.4, -0.2) is 29.9 Å². The van der Waals surface area contributed by atoms with Crippen molar-refractivity contribution in [3.8, 4) is 0 Å². The highest BCUT2D eigenvalue weighted by atomic mass is 35.5. The average molecular weight is 388 g/mol. The molecule has 4 nitrogen and oxygen atoms in total. The van der Waals surface area contributed by atoms with Crippen molar-refractivity contribution in [3.63, 3.8) is 0 Å². The molecule has 2 aromatic carbocycles. The summed E-state index contributed by atoms with van der Waals surface area (Å²) >= 11 is 6.09. The highest BCUT2D eigenvalue weighted by Gasteiger charge is 2.32. The first-order chi connectivity index (χ1) is 13.0. The number of carbonyl (C=O) groups is 2. The highest BCUT2D eigenvalue weighted by molar-refractivity contribution is 6.31. The van der Waals surface area contributed by atoms with Gasteiger partial charge in [0, 0.05) is 22.7 Å². The smallest absolute Gasteiger partial charge is 0.337 e. The van der Waals surface area contributed by atoms with Crippen molar-refractivity contribution in [1.29, 1.82) is 0 Å². The Balaban J connectivity index is 1.72. The van der Waals surface area contributed by atoms with Gasteiger partial charge in [0.05, 0.1) is 19.2 Å². The molecule has 27 heavy (non-hydrogen) atoms. The predicted octanol–water partition coefficient (Wildman–Crippen LogP) is 4.47. The van der Waals surface area contributed by atoms with E-state index >= 15 is 0 Å². The Hall–Kier alpha value is -2.66. The predicted molar refractivity (Wildman–Crippen MR) is 102 cm³/mol. The minimum Gasteiger partial charge on any atom is -0.465 e. The first-order valence-electron chi connectivity index (χ1n) is 8.59. The summed E-state index contributed by atoms with van der Waals surface area (Å²) in [4.78, 5) is 25.7. The van der Waals surface area contributed by atoms with Crippen molar-refractivity contribution >= 4 is 29.6 Å². The highest BCUT2D eigenvalue weighted by Crippen LogP contribution is 2.31. The molecule has 0 bridgehead atoms. The number of amides is 1. The summed E-state index contributed by atoms with van der Waals surface area (Å²) in [7, 11) is 1.32. The van der Waals surface area contributed by atoms with Crippen molar-refractivity contribution in [1.82, 2.24) is 4.90 Å². The summed E-state index contributed by atoms with van der Waals surface area (Å²) in [5.74, 6) is -1.03. The lowest BCUT2D eigenvalue weighted by atomic mass is 10.1. The Morgan fingerprint density at radius 1 is 1.22 bits per heavy atom. The van der Waals surface area contributed by atoms with Gasteiger partial charge in [-0.1, -0.05) is 29.8 Å². The van der Waals surface area contributed by atoms with Crippen LogP contribution in [0.5, 0.6) is 0 Å². The summed E-state index contributed by atoms with van der Waals surface area (Å²) in [6.45, 7) is 0.140. The molecule has 0 atom stereocenters. The molecule has 1 saturated carbocycles. The lowest BCUT2D eigenvalue weighted by molar-refractivity contribution is -0.127. The van der Waals surface area contributed by atoms with Gasteiger partial charge in [0.25, 0.3) is 0 Å². The Labute approximate surface area is 162 Å². The second-order valence-corrected chi connectivity index (χ2v) is 6.75. The van der Waals surface area contributed by atoms with E-state index in [4.69, 9.17) is 11.6 Å². The van der Waals surface area contributed by atoms with E-state index < -0.39 is 11.8 Å². The zero-order valence-electron chi connectivity index (χ0n) is 14.8. The molecule has 0 heterocycles. The van der Waals surface area contributed by atoms with Crippen LogP contribution in [0.15, 0.2) is 48.5 Å². The van der Waals surface area contributed by atoms with Crippen LogP contribution in [-0.2, 0) is 16.1 Å². The third-order valence-electron chi connectivity index (χ3n) is 4.41. The number of esters is 1. The second-order valence-electron chi connectivity index (χ2n) is 6.34. The first-order valence-corrected chi connectivity index (χ1v) is 8.97. The third kappa shape index (κ3) is 4.74. The molecule has 1 aliphatic rings. The van der Waals surface area contributed by atoms with Crippen LogP contribution in [0.3, 0.4) is 0 Å². The lowest BCUT2D eigenvalue weighted by Crippen LogP contribution is -2.31. The van der Waals surface area contributed by atoms with Crippen molar-refractivity contribution in [2.24, 2.45) is 0 Å². The number of halogens is 2. The Kier molecular flexibility index (Phi) is 5.91. The van der Waals surface area contributed by atoms with E-state index in [1.807, 2.05) is 0 Å². The molecule has 0 N–H and O–H groups in total. The van der Waals surface area contributed by atoms with Gasteiger partial charge < -0.3 is 9.64 Å². The lowest BCUT2D eigenvalue weighted by Gasteiger charge is -2.22. The van der Waals surface area contributed by atoms with E-state index in [2.05, 4.69) is 4.74 Å². The van der Waals surface area contributed by atoms with E-state index in [0.29, 0.717) is 16.1 Å². The number of hydrogen-bond acceptors (Lipinski definition) is 3. The molecule has 0 unspecified atom stereocenters. The molecule has 0 radical (unpaired) electrons. The van der Waals surface area contributed by atoms with Gasteiger partial charge >= 0.3 is 5.97 Å². The van der Waals surface area contributed by atoms with E-state index in [0.717, 1.165) is 18.4 Å². The van der Waals surface area contributed by atoms with Gasteiger partial charge in [-0.25, -0.2) is 9.18 Å². The van der Waals surface area contributed by atoms with Gasteiger partial charge in [0.1, 0.15) is 5.82 Å². The van der Waals surface area contributed by atoms with Gasteiger partial charge in [-0.2, -0.15) is 0 Å². The minimum absolute atomic E-state index is 0.111. The molecule has 2 aromatic rings. The Morgan fingerprint density at radius 2 is 1.93 bits per heavy atom. The van der Waals surface area contributed by atoms with Crippen LogP contribution >= 0.6 is 11.6 Å². The molecular weight excluding hydrogens is 369 g/mol. The molecule has 140 valence electrons. The topological polar surface area (TPSA) is 46.6 Å². The summed E-state index contributed by atoms with van der Waals surface area (Å²) in [6.07, 6.45) is 4.93. The van der Waals surface area contributed by atoms with Gasteiger partial charge in [-0.05, 0) is 48.7 Å². The largest absolute Gasteiger partial charge is 0.465 e. The summed E-state index contributed by atoms with van der Waals surface area (Å²) < 4.78 is 18.7. The molecule has 0 aliphatic heterocycles. The number of methoxy groups -OCH3 is 1. The minimum atomic E-state index is -0.414. The fourth-order valence-corrected chi connectivity index (χ4v) is 2.96. The fourth-order valence-electron chi connectivity index (χ4n) is 2.74. The zero-order chi connectivity index (χ0) is 19.4. The first kappa shape index (κ1) is 19.1. The monoisotopic (exact) mass is 387 g/mol. The molecule has 0 spiro atoms. The molecular formula is C21H19ClFNO3. The molecule has 1 amide bonds. The van der Waals surface area contributed by atoms with Gasteiger partial charge in [-0.3, -0.25) is 4.79 Å². The zero-order valence-corrected chi connectivity index (χ0v) is 15.6. The Morgan fingerprint density at radius 3 is 2.52 bits per heavy atom. The van der Waals surface area contributed by atoms with Crippen molar-refractivity contribution < 1.29 is 18.7 Å². The fraction of sp³-hybridized carbons (Fsp3) is 0.238. The maximum atomic E-state index is 14.1. The number of carbonyl (C=O) groups excluding carboxylic acids is 2. The van der Waals surface area contributed by atoms with Crippen molar-refractivity contribution in [2.45, 2.75) is 25.4 Å². The van der Waals surface area contributed by atoms with Crippen LogP contribution in [0.2, 0.25) is 5.02 Å². The van der Waals surface area contributed by atoms with E-state index in [9.17, 15) is 14.0 Å². The summed E-state index contributed by atoms with van der Waals surface area (Å²) in [5, 5.41) is 0.316. The Bertz CT molecular complexity index is 855. The van der Waals surface area contributed by atoms with Gasteiger partial charge in [-0.15, -0.1) is 0 Å². The van der Waals surface area contributed by atoms with Crippen LogP contribution < -0.4 is 0 Å². The molecule has 1 aliphatic carbocycles. The third-order valence-corrected chi connectivity index (χ3v) is 4.77. The standard InChI is InChI=1S/C21H19ClFNO3/c1-27-21(26)15-8-5-14(6-9-15)7-12-20(25)24(16-10-11-16)13-17-18(22)3-2-4-19(17)23/h2-9,12,16H,10-11,13H2,1H3/b12-7+. The van der Waals surface area contributed by atoms with Crippen LogP contribution in [0.1, 0.15) is 34.3 Å². The quantitative estimate of drug-likeness (QED) is 0.542. The van der Waals surface area contributed by atoms with Crippen LogP contribution in [0.25, 0.3) is 6.08 Å². The van der Waals surface area contributed by atoms with E-state index in [1.165, 1.54) is 19.3 Å². The van der Waals surface area contributed by atoms with Crippen LogP contribution in [0, 0.1) is 5.82 Å². The maximum Gasteiger partial charge on any atom is 0.337 e. The number of nitrogens with zero attached hydrogens (tertiary/aromatic N) is 1. The van der Waals surface area contributed by atoms with E-state index in [-0.39, 0.29) is 18.5 Å². The summed E-state index contributed by atoms with van der Waals surface area (Å²) in [6, 6.07) is 11.3. The normalized spacial score (nSPS) is 13.6. The van der Waals surface area contributed by atoms with E-state index in [1.54, 1.807) is 47.4 Å². The number of ether oxygens (including phenoxy) is 1. The summed E-state index contributed by atoms with van der Waals surface area (Å²) in [5.41, 5.74) is 1.54.